The third kappa shape index (κ3) is 3.53. The molecule has 6 rings (SSSR count). The molecule has 0 radical (unpaired) electrons. The van der Waals surface area contributed by atoms with Crippen LogP contribution in [0.15, 0.2) is 42.5 Å². The van der Waals surface area contributed by atoms with E-state index >= 15 is 0 Å². The molecule has 174 valence electrons. The van der Waals surface area contributed by atoms with Gasteiger partial charge in [-0.3, -0.25) is 14.5 Å². The molecule has 1 aromatic heterocycles. The van der Waals surface area contributed by atoms with Gasteiger partial charge in [0.05, 0.1) is 19.0 Å². The number of aryl methyl sites for hydroxylation is 1. The average Bonchev–Trinajstić information content (AvgIpc) is 3.52. The first-order valence-electron chi connectivity index (χ1n) is 11.5. The fourth-order valence-electron chi connectivity index (χ4n) is 5.08. The van der Waals surface area contributed by atoms with Crippen molar-refractivity contribution in [1.82, 2.24) is 20.5 Å². The van der Waals surface area contributed by atoms with Gasteiger partial charge in [-0.25, -0.2) is 4.79 Å². The maximum absolute atomic E-state index is 12.9. The Hall–Kier alpha value is -4.01. The number of benzene rings is 2. The molecule has 0 unspecified atom stereocenters. The van der Waals surface area contributed by atoms with E-state index in [4.69, 9.17) is 9.47 Å². The average molecular weight is 460 g/mol. The molecule has 1 aliphatic carbocycles. The molecule has 1 saturated heterocycles. The van der Waals surface area contributed by atoms with E-state index in [0.29, 0.717) is 11.5 Å². The molecule has 1 fully saturated rings. The van der Waals surface area contributed by atoms with Gasteiger partial charge in [0.15, 0.2) is 11.5 Å². The van der Waals surface area contributed by atoms with Gasteiger partial charge in [-0.1, -0.05) is 24.3 Å². The van der Waals surface area contributed by atoms with Crippen molar-refractivity contribution in [1.29, 1.82) is 0 Å². The summed E-state index contributed by atoms with van der Waals surface area (Å²) in [5.74, 6) is 0.550. The first-order valence-corrected chi connectivity index (χ1v) is 11.5. The van der Waals surface area contributed by atoms with Crippen molar-refractivity contribution >= 4 is 28.7 Å². The number of imide groups is 1. The molecule has 3 aliphatic rings. The van der Waals surface area contributed by atoms with Gasteiger partial charge in [-0.2, -0.15) is 0 Å². The van der Waals surface area contributed by atoms with Crippen molar-refractivity contribution in [2.24, 2.45) is 0 Å². The van der Waals surface area contributed by atoms with Gasteiger partial charge in [-0.05, 0) is 48.6 Å². The molecule has 2 atom stereocenters. The minimum absolute atomic E-state index is 0.0977. The zero-order valence-electron chi connectivity index (χ0n) is 18.4. The van der Waals surface area contributed by atoms with E-state index in [1.165, 1.54) is 10.9 Å². The molecule has 3 N–H and O–H groups in total. The molecule has 0 spiro atoms. The van der Waals surface area contributed by atoms with Crippen molar-refractivity contribution < 1.29 is 23.9 Å². The number of fused-ring (bicyclic) bond motifs is 4. The molecule has 2 aromatic carbocycles. The Kier molecular flexibility index (Phi) is 4.90. The van der Waals surface area contributed by atoms with E-state index in [0.717, 1.165) is 40.9 Å². The summed E-state index contributed by atoms with van der Waals surface area (Å²) < 4.78 is 10.7. The fourth-order valence-corrected chi connectivity index (χ4v) is 5.08. The molecule has 4 amide bonds. The molecule has 9 heteroatoms. The van der Waals surface area contributed by atoms with Crippen LogP contribution in [0.4, 0.5) is 4.79 Å². The molecule has 0 bridgehead atoms. The van der Waals surface area contributed by atoms with E-state index in [1.807, 2.05) is 18.2 Å². The molecular weight excluding hydrogens is 436 g/mol. The topological polar surface area (TPSA) is 113 Å². The lowest BCUT2D eigenvalue weighted by atomic mass is 9.91. The van der Waals surface area contributed by atoms with E-state index in [2.05, 4.69) is 21.7 Å². The number of ether oxygens (including phenoxy) is 2. The van der Waals surface area contributed by atoms with Crippen molar-refractivity contribution in [2.45, 2.75) is 44.3 Å². The number of nitrogens with zero attached hydrogens (tertiary/aromatic N) is 1. The van der Waals surface area contributed by atoms with Gasteiger partial charge in [-0.15, -0.1) is 0 Å². The maximum Gasteiger partial charge on any atom is 0.325 e. The lowest BCUT2D eigenvalue weighted by Gasteiger charge is -2.24. The highest BCUT2D eigenvalue weighted by molar-refractivity contribution is 6.05. The predicted octanol–water partition coefficient (Wildman–Crippen LogP) is 2.90. The minimum atomic E-state index is -0.882. The molecule has 3 heterocycles. The quantitative estimate of drug-likeness (QED) is 0.507. The van der Waals surface area contributed by atoms with Gasteiger partial charge in [0, 0.05) is 16.6 Å². The van der Waals surface area contributed by atoms with Crippen LogP contribution < -0.4 is 20.1 Å². The Bertz CT molecular complexity index is 1320. The van der Waals surface area contributed by atoms with Crippen LogP contribution in [-0.4, -0.2) is 40.6 Å². The molecule has 0 saturated carbocycles. The van der Waals surface area contributed by atoms with E-state index in [1.54, 1.807) is 18.2 Å². The molecule has 9 nitrogen and oxygen atoms in total. The highest BCUT2D eigenvalue weighted by atomic mass is 16.7. The number of urea groups is 1. The summed E-state index contributed by atoms with van der Waals surface area (Å²) >= 11 is 0. The minimum Gasteiger partial charge on any atom is -0.454 e. The smallest absolute Gasteiger partial charge is 0.325 e. The lowest BCUT2D eigenvalue weighted by molar-refractivity contribution is -0.131. The highest BCUT2D eigenvalue weighted by Gasteiger charge is 2.39. The Morgan fingerprint density at radius 2 is 1.97 bits per heavy atom. The van der Waals surface area contributed by atoms with Crippen LogP contribution in [-0.2, 0) is 22.6 Å². The number of amides is 4. The number of nitrogens with one attached hydrogen (secondary N) is 3. The van der Waals surface area contributed by atoms with E-state index in [-0.39, 0.29) is 31.7 Å². The standard InChI is InChI=1S/C25H24N4O5/c30-22(26-18-7-3-5-16-15-4-1-2-6-17(15)27-23(16)18)11-19-24(31)29(25(32)28-19)12-14-8-9-20-21(10-14)34-13-33-20/h1-2,4,6,8-10,18-19,27H,3,5,7,11-13H2,(H,26,30)(H,28,32)/t18-,19-/m0/s1. The summed E-state index contributed by atoms with van der Waals surface area (Å²) in [4.78, 5) is 42.8. The van der Waals surface area contributed by atoms with E-state index in [9.17, 15) is 14.4 Å². The Balaban J connectivity index is 1.12. The molecule has 3 aromatic rings. The third-order valence-corrected chi connectivity index (χ3v) is 6.72. The van der Waals surface area contributed by atoms with Crippen molar-refractivity contribution in [3.05, 3.63) is 59.3 Å². The number of carbonyl (C=O) groups is 3. The van der Waals surface area contributed by atoms with Crippen molar-refractivity contribution in [3.8, 4) is 11.5 Å². The second-order valence-corrected chi connectivity index (χ2v) is 8.89. The number of rotatable bonds is 5. The van der Waals surface area contributed by atoms with Crippen LogP contribution in [0.1, 0.15) is 42.1 Å². The van der Waals surface area contributed by atoms with Crippen LogP contribution in [0.2, 0.25) is 0 Å². The highest BCUT2D eigenvalue weighted by Crippen LogP contribution is 2.35. The van der Waals surface area contributed by atoms with Crippen molar-refractivity contribution in [3.63, 3.8) is 0 Å². The van der Waals surface area contributed by atoms with Crippen LogP contribution in [0.3, 0.4) is 0 Å². The van der Waals surface area contributed by atoms with Crippen LogP contribution in [0.25, 0.3) is 10.9 Å². The van der Waals surface area contributed by atoms with Gasteiger partial charge in [0.25, 0.3) is 5.91 Å². The number of H-pyrrole nitrogens is 1. The summed E-state index contributed by atoms with van der Waals surface area (Å²) in [6, 6.07) is 11.9. The van der Waals surface area contributed by atoms with Crippen LogP contribution in [0, 0.1) is 0 Å². The number of aromatic nitrogens is 1. The van der Waals surface area contributed by atoms with Gasteiger partial charge in [0.2, 0.25) is 12.7 Å². The second kappa shape index (κ2) is 8.09. The van der Waals surface area contributed by atoms with Gasteiger partial charge < -0.3 is 25.1 Å². The molecule has 2 aliphatic heterocycles. The van der Waals surface area contributed by atoms with Crippen LogP contribution in [0.5, 0.6) is 11.5 Å². The summed E-state index contributed by atoms with van der Waals surface area (Å²) in [6.45, 7) is 0.251. The lowest BCUT2D eigenvalue weighted by Crippen LogP contribution is -2.38. The number of carbonyl (C=O) groups excluding carboxylic acids is 3. The number of aromatic amines is 1. The Morgan fingerprint density at radius 3 is 2.88 bits per heavy atom. The largest absolute Gasteiger partial charge is 0.454 e. The Labute approximate surface area is 195 Å². The maximum atomic E-state index is 12.9. The predicted molar refractivity (Wildman–Crippen MR) is 122 cm³/mol. The number of para-hydroxylation sites is 1. The number of hydrogen-bond donors (Lipinski definition) is 3. The normalized spacial score (nSPS) is 21.0. The Morgan fingerprint density at radius 1 is 1.12 bits per heavy atom. The zero-order valence-corrected chi connectivity index (χ0v) is 18.4. The summed E-state index contributed by atoms with van der Waals surface area (Å²) in [5.41, 5.74) is 4.08. The first-order chi connectivity index (χ1) is 16.6. The summed E-state index contributed by atoms with van der Waals surface area (Å²) in [6.07, 6.45) is 2.67. The summed E-state index contributed by atoms with van der Waals surface area (Å²) in [7, 11) is 0. The van der Waals surface area contributed by atoms with Crippen molar-refractivity contribution in [2.75, 3.05) is 6.79 Å². The number of hydrogen-bond acceptors (Lipinski definition) is 5. The molecular formula is C25H24N4O5. The van der Waals surface area contributed by atoms with E-state index < -0.39 is 18.0 Å². The SMILES string of the molecule is O=C(C[C@@H]1NC(=O)N(Cc2ccc3c(c2)OCO3)C1=O)N[C@H]1CCCc2c1[nH]c1ccccc21. The van der Waals surface area contributed by atoms with Crippen LogP contribution >= 0.6 is 0 Å². The summed E-state index contributed by atoms with van der Waals surface area (Å²) in [5, 5.41) is 6.91. The zero-order chi connectivity index (χ0) is 23.2. The fraction of sp³-hybridized carbons (Fsp3) is 0.320. The molecule has 34 heavy (non-hydrogen) atoms. The first kappa shape index (κ1) is 20.6. The second-order valence-electron chi connectivity index (χ2n) is 8.89. The third-order valence-electron chi connectivity index (χ3n) is 6.72. The van der Waals surface area contributed by atoms with Gasteiger partial charge >= 0.3 is 6.03 Å². The monoisotopic (exact) mass is 460 g/mol. The van der Waals surface area contributed by atoms with Gasteiger partial charge in [0.1, 0.15) is 6.04 Å².